The predicted octanol–water partition coefficient (Wildman–Crippen LogP) is 4.58. The summed E-state index contributed by atoms with van der Waals surface area (Å²) in [6.07, 6.45) is 1.41. The molecule has 0 heterocycles. The highest BCUT2D eigenvalue weighted by atomic mass is 35.5. The number of nitrogens with zero attached hydrogens (tertiary/aromatic N) is 1. The monoisotopic (exact) mass is 338 g/mol. The maximum absolute atomic E-state index is 8.69. The highest BCUT2D eigenvalue weighted by Gasteiger charge is 2.23. The van der Waals surface area contributed by atoms with E-state index in [1.54, 1.807) is 12.1 Å². The van der Waals surface area contributed by atoms with Crippen LogP contribution in [-0.2, 0) is 0 Å². The van der Waals surface area contributed by atoms with Gasteiger partial charge in [0.2, 0.25) is 0 Å². The van der Waals surface area contributed by atoms with E-state index in [0.29, 0.717) is 40.3 Å². The molecule has 1 aromatic rings. The molecule has 1 rings (SSSR count). The molecule has 0 amide bonds. The second-order valence-corrected chi connectivity index (χ2v) is 6.27. The number of hydrogen-bond donors (Lipinski definition) is 2. The van der Waals surface area contributed by atoms with Crippen molar-refractivity contribution < 1.29 is 9.94 Å². The molecule has 4 nitrogen and oxygen atoms in total. The van der Waals surface area contributed by atoms with E-state index in [0.717, 1.165) is 0 Å². The first kappa shape index (κ1) is 17.2. The molecule has 0 bridgehead atoms. The lowest BCUT2D eigenvalue weighted by atomic mass is 9.87. The lowest BCUT2D eigenvalue weighted by Gasteiger charge is -2.22. The van der Waals surface area contributed by atoms with Crippen LogP contribution in [0.3, 0.4) is 0 Å². The van der Waals surface area contributed by atoms with Gasteiger partial charge in [-0.3, -0.25) is 0 Å². The van der Waals surface area contributed by atoms with Crippen LogP contribution in [0.15, 0.2) is 17.3 Å². The molecule has 0 saturated heterocycles. The largest absolute Gasteiger partial charge is 0.490 e. The van der Waals surface area contributed by atoms with Gasteiger partial charge in [0.25, 0.3) is 0 Å². The summed E-state index contributed by atoms with van der Waals surface area (Å²) in [6.45, 7) is 4.21. The van der Waals surface area contributed by atoms with E-state index in [9.17, 15) is 0 Å². The second kappa shape index (κ2) is 7.25. The summed E-state index contributed by atoms with van der Waals surface area (Å²) in [5, 5.41) is 12.9. The summed E-state index contributed by atoms with van der Waals surface area (Å²) >= 11 is 17.8. The molecule has 0 aliphatic rings. The number of amidine groups is 1. The third-order valence-electron chi connectivity index (χ3n) is 2.96. The number of ether oxygens (including phenoxy) is 1. The molecule has 0 spiro atoms. The molecule has 0 atom stereocenters. The lowest BCUT2D eigenvalue weighted by molar-refractivity contribution is 0.278. The van der Waals surface area contributed by atoms with E-state index in [-0.39, 0.29) is 5.84 Å². The molecule has 0 fully saturated rings. The van der Waals surface area contributed by atoms with Crippen LogP contribution in [0.25, 0.3) is 0 Å². The molecule has 0 aliphatic heterocycles. The van der Waals surface area contributed by atoms with Gasteiger partial charge in [0, 0.05) is 10.4 Å². The molecule has 7 heteroatoms. The topological polar surface area (TPSA) is 67.8 Å². The fourth-order valence-corrected chi connectivity index (χ4v) is 2.54. The van der Waals surface area contributed by atoms with Crippen LogP contribution in [0.5, 0.6) is 5.75 Å². The van der Waals surface area contributed by atoms with Crippen LogP contribution < -0.4 is 10.5 Å². The van der Waals surface area contributed by atoms with E-state index in [2.05, 4.69) is 5.16 Å². The van der Waals surface area contributed by atoms with Gasteiger partial charge in [-0.25, -0.2) is 0 Å². The fourth-order valence-electron chi connectivity index (χ4n) is 1.62. The van der Waals surface area contributed by atoms with Crippen molar-refractivity contribution >= 4 is 40.6 Å². The van der Waals surface area contributed by atoms with Crippen LogP contribution >= 0.6 is 34.8 Å². The Bertz CT molecular complexity index is 481. The molecule has 20 heavy (non-hydrogen) atoms. The van der Waals surface area contributed by atoms with E-state index in [1.807, 2.05) is 13.8 Å². The van der Waals surface area contributed by atoms with Gasteiger partial charge in [0.15, 0.2) is 5.75 Å². The Morgan fingerprint density at radius 1 is 1.30 bits per heavy atom. The predicted molar refractivity (Wildman–Crippen MR) is 83.4 cm³/mol. The van der Waals surface area contributed by atoms with Gasteiger partial charge in [-0.15, -0.1) is 0 Å². The van der Waals surface area contributed by atoms with E-state index < -0.39 is 5.41 Å². The first-order valence-corrected chi connectivity index (χ1v) is 7.16. The number of nitrogens with two attached hydrogens (primary N) is 1. The summed E-state index contributed by atoms with van der Waals surface area (Å²) in [7, 11) is 0. The van der Waals surface area contributed by atoms with Gasteiger partial charge < -0.3 is 15.7 Å². The van der Waals surface area contributed by atoms with Crippen molar-refractivity contribution in [2.24, 2.45) is 16.3 Å². The van der Waals surface area contributed by atoms with Crippen LogP contribution in [0, 0.1) is 5.41 Å². The van der Waals surface area contributed by atoms with Crippen LogP contribution in [0.4, 0.5) is 0 Å². The van der Waals surface area contributed by atoms with Crippen molar-refractivity contribution in [3.05, 3.63) is 27.2 Å². The molecular weight excluding hydrogens is 323 g/mol. The quantitative estimate of drug-likeness (QED) is 0.262. The summed E-state index contributed by atoms with van der Waals surface area (Å²) in [5.41, 5.74) is 5.21. The Hall–Kier alpha value is -0.840. The number of hydrogen-bond acceptors (Lipinski definition) is 3. The molecule has 1 aromatic carbocycles. The fraction of sp³-hybridized carbons (Fsp3) is 0.462. The van der Waals surface area contributed by atoms with Gasteiger partial charge in [-0.2, -0.15) is 0 Å². The van der Waals surface area contributed by atoms with Crippen molar-refractivity contribution in [3.63, 3.8) is 0 Å². The number of oxime groups is 1. The van der Waals surface area contributed by atoms with E-state index >= 15 is 0 Å². The average molecular weight is 340 g/mol. The van der Waals surface area contributed by atoms with Crippen molar-refractivity contribution in [2.45, 2.75) is 26.7 Å². The number of benzene rings is 1. The third-order valence-corrected chi connectivity index (χ3v) is 3.74. The first-order valence-electron chi connectivity index (χ1n) is 6.03. The Morgan fingerprint density at radius 3 is 2.35 bits per heavy atom. The van der Waals surface area contributed by atoms with Gasteiger partial charge in [0.1, 0.15) is 5.84 Å². The standard InChI is InChI=1S/C13H17Cl3N2O2/c1-13(2,12(17)18-19)4-3-5-20-11-9(15)6-8(14)7-10(11)16/h6-7,19H,3-5H2,1-2H3,(H2,17,18). The minimum absolute atomic E-state index is 0.194. The summed E-state index contributed by atoms with van der Waals surface area (Å²) in [4.78, 5) is 0. The maximum Gasteiger partial charge on any atom is 0.156 e. The van der Waals surface area contributed by atoms with Crippen LogP contribution in [0.2, 0.25) is 15.1 Å². The summed E-state index contributed by atoms with van der Waals surface area (Å²) in [6, 6.07) is 3.15. The zero-order chi connectivity index (χ0) is 15.3. The van der Waals surface area contributed by atoms with Crippen molar-refractivity contribution in [3.8, 4) is 5.75 Å². The second-order valence-electron chi connectivity index (χ2n) is 5.02. The lowest BCUT2D eigenvalue weighted by Crippen LogP contribution is -2.32. The zero-order valence-electron chi connectivity index (χ0n) is 11.3. The van der Waals surface area contributed by atoms with Crippen LogP contribution in [-0.4, -0.2) is 17.6 Å². The first-order chi connectivity index (χ1) is 9.27. The number of halogens is 3. The van der Waals surface area contributed by atoms with Crippen molar-refractivity contribution in [1.82, 2.24) is 0 Å². The number of rotatable bonds is 6. The molecule has 0 radical (unpaired) electrons. The van der Waals surface area contributed by atoms with Crippen molar-refractivity contribution in [2.75, 3.05) is 6.61 Å². The molecule has 0 saturated carbocycles. The average Bonchev–Trinajstić information content (AvgIpc) is 2.35. The third kappa shape index (κ3) is 4.62. The Morgan fingerprint density at radius 2 is 1.85 bits per heavy atom. The molecule has 3 N–H and O–H groups in total. The highest BCUT2D eigenvalue weighted by molar-refractivity contribution is 6.40. The smallest absolute Gasteiger partial charge is 0.156 e. The summed E-state index contributed by atoms with van der Waals surface area (Å²) in [5.74, 6) is 0.611. The summed E-state index contributed by atoms with van der Waals surface area (Å²) < 4.78 is 5.57. The van der Waals surface area contributed by atoms with Gasteiger partial charge in [0.05, 0.1) is 16.7 Å². The normalized spacial score (nSPS) is 12.6. The molecule has 112 valence electrons. The highest BCUT2D eigenvalue weighted by Crippen LogP contribution is 2.36. The Kier molecular flexibility index (Phi) is 6.24. The SMILES string of the molecule is CC(C)(CCCOc1c(Cl)cc(Cl)cc1Cl)C(N)=NO. The zero-order valence-corrected chi connectivity index (χ0v) is 13.6. The van der Waals surface area contributed by atoms with Crippen LogP contribution in [0.1, 0.15) is 26.7 Å². The molecule has 0 aromatic heterocycles. The minimum Gasteiger partial charge on any atom is -0.490 e. The van der Waals surface area contributed by atoms with E-state index in [1.165, 1.54) is 0 Å². The Labute approximate surface area is 133 Å². The van der Waals surface area contributed by atoms with Gasteiger partial charge in [-0.05, 0) is 25.0 Å². The van der Waals surface area contributed by atoms with E-state index in [4.69, 9.17) is 50.5 Å². The van der Waals surface area contributed by atoms with Crippen molar-refractivity contribution in [1.29, 1.82) is 0 Å². The molecular formula is C13H17Cl3N2O2. The molecule has 0 aliphatic carbocycles. The van der Waals surface area contributed by atoms with Gasteiger partial charge in [-0.1, -0.05) is 53.8 Å². The molecule has 0 unspecified atom stereocenters. The maximum atomic E-state index is 8.69. The Balaban J connectivity index is 2.54. The minimum atomic E-state index is -0.397. The van der Waals surface area contributed by atoms with Gasteiger partial charge >= 0.3 is 0 Å².